The van der Waals surface area contributed by atoms with E-state index in [4.69, 9.17) is 10.2 Å². The van der Waals surface area contributed by atoms with Gasteiger partial charge in [-0.25, -0.2) is 13.2 Å². The van der Waals surface area contributed by atoms with Crippen molar-refractivity contribution in [1.29, 1.82) is 0 Å². The molecule has 0 spiro atoms. The molecule has 0 unspecified atom stereocenters. The number of rotatable bonds is 5. The summed E-state index contributed by atoms with van der Waals surface area (Å²) in [5.41, 5.74) is -1.38. The second-order valence-electron chi connectivity index (χ2n) is 4.22. The summed E-state index contributed by atoms with van der Waals surface area (Å²) >= 11 is 0. The SMILES string of the molecule is CC(CO)(CO)CNc1c(F)cc(F)cc1F. The van der Waals surface area contributed by atoms with Gasteiger partial charge in [0.2, 0.25) is 0 Å². The fourth-order valence-electron chi connectivity index (χ4n) is 1.17. The molecule has 3 nitrogen and oxygen atoms in total. The van der Waals surface area contributed by atoms with Crippen molar-refractivity contribution in [1.82, 2.24) is 0 Å². The van der Waals surface area contributed by atoms with Gasteiger partial charge in [0.05, 0.1) is 13.2 Å². The van der Waals surface area contributed by atoms with Crippen LogP contribution in [0.25, 0.3) is 0 Å². The predicted molar refractivity (Wildman–Crippen MR) is 57.1 cm³/mol. The van der Waals surface area contributed by atoms with E-state index in [9.17, 15) is 13.2 Å². The molecule has 0 bridgehead atoms. The summed E-state index contributed by atoms with van der Waals surface area (Å²) < 4.78 is 39.1. The molecule has 1 aromatic carbocycles. The number of aliphatic hydroxyl groups excluding tert-OH is 2. The predicted octanol–water partition coefficient (Wildman–Crippen LogP) is 1.51. The molecule has 0 atom stereocenters. The van der Waals surface area contributed by atoms with Crippen LogP contribution in [0.5, 0.6) is 0 Å². The third kappa shape index (κ3) is 3.34. The number of nitrogens with one attached hydrogen (secondary N) is 1. The van der Waals surface area contributed by atoms with E-state index in [0.717, 1.165) is 0 Å². The van der Waals surface area contributed by atoms with E-state index in [1.807, 2.05) is 0 Å². The lowest BCUT2D eigenvalue weighted by Crippen LogP contribution is -2.34. The first-order chi connectivity index (χ1) is 7.91. The lowest BCUT2D eigenvalue weighted by atomic mass is 9.93. The number of aliphatic hydroxyl groups is 2. The number of hydrogen-bond acceptors (Lipinski definition) is 3. The molecule has 0 heterocycles. The van der Waals surface area contributed by atoms with Gasteiger partial charge in [-0.05, 0) is 0 Å². The van der Waals surface area contributed by atoms with Crippen LogP contribution < -0.4 is 5.32 Å². The van der Waals surface area contributed by atoms with Crippen LogP contribution in [0.4, 0.5) is 18.9 Å². The van der Waals surface area contributed by atoms with Crippen LogP contribution in [0.1, 0.15) is 6.92 Å². The zero-order valence-corrected chi connectivity index (χ0v) is 9.30. The number of benzene rings is 1. The molecule has 0 saturated carbocycles. The van der Waals surface area contributed by atoms with Gasteiger partial charge in [-0.3, -0.25) is 0 Å². The molecule has 1 rings (SSSR count). The van der Waals surface area contributed by atoms with Crippen molar-refractivity contribution in [2.45, 2.75) is 6.92 Å². The zero-order chi connectivity index (χ0) is 13.1. The molecule has 1 aromatic rings. The average Bonchev–Trinajstić information content (AvgIpc) is 2.27. The lowest BCUT2D eigenvalue weighted by molar-refractivity contribution is 0.0805. The highest BCUT2D eigenvalue weighted by molar-refractivity contribution is 5.46. The Morgan fingerprint density at radius 1 is 1.12 bits per heavy atom. The Kier molecular flexibility index (Phi) is 4.36. The molecule has 3 N–H and O–H groups in total. The minimum atomic E-state index is -1.05. The van der Waals surface area contributed by atoms with E-state index in [1.54, 1.807) is 6.92 Å². The van der Waals surface area contributed by atoms with Crippen molar-refractivity contribution in [2.24, 2.45) is 5.41 Å². The molecule has 17 heavy (non-hydrogen) atoms. The first-order valence-corrected chi connectivity index (χ1v) is 5.02. The Balaban J connectivity index is 2.83. The fraction of sp³-hybridized carbons (Fsp3) is 0.455. The van der Waals surface area contributed by atoms with E-state index < -0.39 is 28.6 Å². The van der Waals surface area contributed by atoms with Crippen molar-refractivity contribution in [3.63, 3.8) is 0 Å². The molecular weight excluding hydrogens is 235 g/mol. The maximum atomic E-state index is 13.2. The largest absolute Gasteiger partial charge is 0.396 e. The molecule has 0 aliphatic rings. The maximum Gasteiger partial charge on any atom is 0.152 e. The van der Waals surface area contributed by atoms with Crippen molar-refractivity contribution < 1.29 is 23.4 Å². The molecule has 0 aromatic heterocycles. The monoisotopic (exact) mass is 249 g/mol. The molecule has 0 radical (unpaired) electrons. The van der Waals surface area contributed by atoms with Crippen molar-refractivity contribution in [2.75, 3.05) is 25.1 Å². The van der Waals surface area contributed by atoms with Gasteiger partial charge in [-0.2, -0.15) is 0 Å². The van der Waals surface area contributed by atoms with E-state index in [-0.39, 0.29) is 19.8 Å². The summed E-state index contributed by atoms with van der Waals surface area (Å²) in [5.74, 6) is -3.11. The molecule has 96 valence electrons. The van der Waals surface area contributed by atoms with Gasteiger partial charge in [0, 0.05) is 24.1 Å². The van der Waals surface area contributed by atoms with Gasteiger partial charge in [0.1, 0.15) is 11.5 Å². The molecule has 6 heteroatoms. The van der Waals surface area contributed by atoms with E-state index in [0.29, 0.717) is 12.1 Å². The van der Waals surface area contributed by atoms with Crippen LogP contribution in [0.2, 0.25) is 0 Å². The third-order valence-corrected chi connectivity index (χ3v) is 2.46. The highest BCUT2D eigenvalue weighted by Gasteiger charge is 2.23. The smallest absolute Gasteiger partial charge is 0.152 e. The van der Waals surface area contributed by atoms with Gasteiger partial charge in [-0.15, -0.1) is 0 Å². The summed E-state index contributed by atoms with van der Waals surface area (Å²) in [6, 6.07) is 1.11. The Morgan fingerprint density at radius 3 is 2.00 bits per heavy atom. The van der Waals surface area contributed by atoms with Gasteiger partial charge in [-0.1, -0.05) is 6.92 Å². The van der Waals surface area contributed by atoms with Gasteiger partial charge in [0.15, 0.2) is 11.6 Å². The normalized spacial score (nSPS) is 11.6. The first kappa shape index (κ1) is 13.8. The fourth-order valence-corrected chi connectivity index (χ4v) is 1.17. The minimum Gasteiger partial charge on any atom is -0.396 e. The summed E-state index contributed by atoms with van der Waals surface area (Å²) in [6.45, 7) is 0.806. The van der Waals surface area contributed by atoms with Crippen LogP contribution in [0, 0.1) is 22.9 Å². The number of hydrogen-bond donors (Lipinski definition) is 3. The highest BCUT2D eigenvalue weighted by Crippen LogP contribution is 2.22. The molecule has 0 fully saturated rings. The summed E-state index contributed by atoms with van der Waals surface area (Å²) in [4.78, 5) is 0. The minimum absolute atomic E-state index is 0.0422. The van der Waals surface area contributed by atoms with Crippen LogP contribution in [-0.4, -0.2) is 30.0 Å². The topological polar surface area (TPSA) is 52.5 Å². The average molecular weight is 249 g/mol. The Morgan fingerprint density at radius 2 is 1.59 bits per heavy atom. The van der Waals surface area contributed by atoms with E-state index >= 15 is 0 Å². The van der Waals surface area contributed by atoms with Crippen LogP contribution in [0.15, 0.2) is 12.1 Å². The quantitative estimate of drug-likeness (QED) is 0.741. The van der Waals surface area contributed by atoms with E-state index in [1.165, 1.54) is 0 Å². The van der Waals surface area contributed by atoms with Crippen LogP contribution in [-0.2, 0) is 0 Å². The van der Waals surface area contributed by atoms with Crippen LogP contribution >= 0.6 is 0 Å². The van der Waals surface area contributed by atoms with Crippen LogP contribution in [0.3, 0.4) is 0 Å². The molecular formula is C11H14F3NO2. The molecule has 0 amide bonds. The first-order valence-electron chi connectivity index (χ1n) is 5.02. The van der Waals surface area contributed by atoms with Crippen molar-refractivity contribution >= 4 is 5.69 Å². The Bertz CT molecular complexity index is 371. The highest BCUT2D eigenvalue weighted by atomic mass is 19.1. The summed E-state index contributed by atoms with van der Waals surface area (Å²) in [6.07, 6.45) is 0. The van der Waals surface area contributed by atoms with Gasteiger partial charge < -0.3 is 15.5 Å². The standard InChI is InChI=1S/C11H14F3NO2/c1-11(5-16,6-17)4-15-10-8(13)2-7(12)3-9(10)14/h2-3,15-17H,4-6H2,1H3. The van der Waals surface area contributed by atoms with E-state index in [2.05, 4.69) is 5.32 Å². The Hall–Kier alpha value is -1.27. The maximum absolute atomic E-state index is 13.2. The number of anilines is 1. The molecule has 0 aliphatic carbocycles. The second-order valence-corrected chi connectivity index (χ2v) is 4.22. The zero-order valence-electron chi connectivity index (χ0n) is 9.30. The third-order valence-electron chi connectivity index (χ3n) is 2.46. The second kappa shape index (κ2) is 5.37. The summed E-state index contributed by atoms with van der Waals surface area (Å²) in [5, 5.41) is 20.4. The number of halogens is 3. The van der Waals surface area contributed by atoms with Crippen molar-refractivity contribution in [3.05, 3.63) is 29.6 Å². The Labute approximate surface area is 96.9 Å². The van der Waals surface area contributed by atoms with Gasteiger partial charge in [0.25, 0.3) is 0 Å². The summed E-state index contributed by atoms with van der Waals surface area (Å²) in [7, 11) is 0. The lowest BCUT2D eigenvalue weighted by Gasteiger charge is -2.25. The molecule has 0 aliphatic heterocycles. The molecule has 0 saturated heterocycles. The van der Waals surface area contributed by atoms with Crippen molar-refractivity contribution in [3.8, 4) is 0 Å². The van der Waals surface area contributed by atoms with Gasteiger partial charge >= 0.3 is 0 Å².